The molecule has 0 aromatic heterocycles. The summed E-state index contributed by atoms with van der Waals surface area (Å²) in [5.74, 6) is 4.32. The standard InChI is InChI=1S/C14H22ClNO/c1-8(7-15)16-14(17)13-11-3-9-2-10(5-11)6-12(13)4-9/h8-13H,2-7H2,1H3,(H,16,17). The number of halogens is 1. The average Bonchev–Trinajstić information content (AvgIpc) is 2.27. The van der Waals surface area contributed by atoms with E-state index < -0.39 is 0 Å². The smallest absolute Gasteiger partial charge is 0.223 e. The average molecular weight is 256 g/mol. The third-order valence-corrected chi connectivity index (χ3v) is 5.61. The predicted octanol–water partition coefficient (Wildman–Crippen LogP) is 2.80. The molecule has 1 atom stereocenters. The van der Waals surface area contributed by atoms with Crippen molar-refractivity contribution >= 4 is 17.5 Å². The minimum Gasteiger partial charge on any atom is -0.352 e. The summed E-state index contributed by atoms with van der Waals surface area (Å²) in [6, 6.07) is 0.112. The molecule has 3 heteroatoms. The van der Waals surface area contributed by atoms with E-state index in [1.807, 2.05) is 6.92 Å². The summed E-state index contributed by atoms with van der Waals surface area (Å²) < 4.78 is 0. The first-order valence-electron chi connectivity index (χ1n) is 7.03. The summed E-state index contributed by atoms with van der Waals surface area (Å²) in [5.41, 5.74) is 0. The first-order valence-corrected chi connectivity index (χ1v) is 7.57. The van der Waals surface area contributed by atoms with Gasteiger partial charge < -0.3 is 5.32 Å². The number of carbonyl (C=O) groups is 1. The molecule has 4 aliphatic carbocycles. The van der Waals surface area contributed by atoms with E-state index >= 15 is 0 Å². The van der Waals surface area contributed by atoms with Crippen LogP contribution in [-0.2, 0) is 4.79 Å². The summed E-state index contributed by atoms with van der Waals surface area (Å²) in [5, 5.41) is 3.09. The van der Waals surface area contributed by atoms with Gasteiger partial charge in [0.1, 0.15) is 0 Å². The van der Waals surface area contributed by atoms with Gasteiger partial charge in [0.2, 0.25) is 5.91 Å². The van der Waals surface area contributed by atoms with Gasteiger partial charge >= 0.3 is 0 Å². The molecule has 1 amide bonds. The third kappa shape index (κ3) is 2.09. The summed E-state index contributed by atoms with van der Waals surface area (Å²) in [6.45, 7) is 1.99. The Morgan fingerprint density at radius 1 is 1.18 bits per heavy atom. The van der Waals surface area contributed by atoms with E-state index in [0.717, 1.165) is 11.8 Å². The van der Waals surface area contributed by atoms with Gasteiger partial charge in [-0.2, -0.15) is 0 Å². The quantitative estimate of drug-likeness (QED) is 0.772. The van der Waals surface area contributed by atoms with Crippen LogP contribution >= 0.6 is 11.6 Å². The van der Waals surface area contributed by atoms with E-state index in [1.165, 1.54) is 32.1 Å². The highest BCUT2D eigenvalue weighted by atomic mass is 35.5. The van der Waals surface area contributed by atoms with Crippen molar-refractivity contribution < 1.29 is 4.79 Å². The maximum atomic E-state index is 12.3. The van der Waals surface area contributed by atoms with Gasteiger partial charge in [0.15, 0.2) is 0 Å². The van der Waals surface area contributed by atoms with Gasteiger partial charge in [0.05, 0.1) is 0 Å². The maximum Gasteiger partial charge on any atom is 0.223 e. The highest BCUT2D eigenvalue weighted by Gasteiger charge is 2.50. The zero-order chi connectivity index (χ0) is 12.0. The molecule has 4 rings (SSSR count). The lowest BCUT2D eigenvalue weighted by molar-refractivity contribution is -0.138. The van der Waals surface area contributed by atoms with Gasteiger partial charge in [-0.3, -0.25) is 4.79 Å². The van der Waals surface area contributed by atoms with Crippen LogP contribution in [0.1, 0.15) is 39.0 Å². The molecule has 1 unspecified atom stereocenters. The Kier molecular flexibility index (Phi) is 3.10. The normalized spacial score (nSPS) is 44.7. The second-order valence-electron chi connectivity index (χ2n) is 6.52. The molecule has 96 valence electrons. The lowest BCUT2D eigenvalue weighted by Gasteiger charge is -2.53. The summed E-state index contributed by atoms with van der Waals surface area (Å²) in [6.07, 6.45) is 6.67. The number of amides is 1. The van der Waals surface area contributed by atoms with E-state index in [2.05, 4.69) is 5.32 Å². The molecule has 0 aliphatic heterocycles. The van der Waals surface area contributed by atoms with Crippen molar-refractivity contribution in [3.05, 3.63) is 0 Å². The number of carbonyl (C=O) groups excluding carboxylic acids is 1. The molecular formula is C14H22ClNO. The third-order valence-electron chi connectivity index (χ3n) is 5.15. The molecule has 2 nitrogen and oxygen atoms in total. The molecule has 0 spiro atoms. The van der Waals surface area contributed by atoms with E-state index in [9.17, 15) is 4.79 Å². The van der Waals surface area contributed by atoms with Crippen LogP contribution < -0.4 is 5.32 Å². The highest BCUT2D eigenvalue weighted by Crippen LogP contribution is 2.56. The minimum absolute atomic E-state index is 0.112. The molecule has 0 aromatic rings. The monoisotopic (exact) mass is 255 g/mol. The van der Waals surface area contributed by atoms with E-state index in [0.29, 0.717) is 23.6 Å². The summed E-state index contributed by atoms with van der Waals surface area (Å²) >= 11 is 5.77. The fourth-order valence-corrected chi connectivity index (χ4v) is 4.81. The van der Waals surface area contributed by atoms with Crippen molar-refractivity contribution in [2.24, 2.45) is 29.6 Å². The van der Waals surface area contributed by atoms with Crippen LogP contribution in [0.15, 0.2) is 0 Å². The first kappa shape index (κ1) is 11.8. The van der Waals surface area contributed by atoms with Crippen molar-refractivity contribution in [2.45, 2.75) is 45.1 Å². The van der Waals surface area contributed by atoms with Gasteiger partial charge in [0.25, 0.3) is 0 Å². The Balaban J connectivity index is 1.69. The molecule has 4 saturated carbocycles. The fraction of sp³-hybridized carbons (Fsp3) is 0.929. The Morgan fingerprint density at radius 2 is 1.71 bits per heavy atom. The molecule has 1 N–H and O–H groups in total. The molecule has 17 heavy (non-hydrogen) atoms. The first-order chi connectivity index (χ1) is 8.17. The predicted molar refractivity (Wildman–Crippen MR) is 68.9 cm³/mol. The van der Waals surface area contributed by atoms with Crippen LogP contribution in [-0.4, -0.2) is 17.8 Å². The van der Waals surface area contributed by atoms with Gasteiger partial charge in [-0.15, -0.1) is 11.6 Å². The van der Waals surface area contributed by atoms with Crippen molar-refractivity contribution in [3.8, 4) is 0 Å². The van der Waals surface area contributed by atoms with Crippen LogP contribution in [0.5, 0.6) is 0 Å². The second kappa shape index (κ2) is 4.46. The number of nitrogens with one attached hydrogen (secondary N) is 1. The number of hydrogen-bond donors (Lipinski definition) is 1. The topological polar surface area (TPSA) is 29.1 Å². The fourth-order valence-electron chi connectivity index (χ4n) is 4.73. The van der Waals surface area contributed by atoms with Crippen molar-refractivity contribution in [3.63, 3.8) is 0 Å². The number of hydrogen-bond acceptors (Lipinski definition) is 1. The van der Waals surface area contributed by atoms with Crippen LogP contribution in [0.3, 0.4) is 0 Å². The highest BCUT2D eigenvalue weighted by molar-refractivity contribution is 6.18. The van der Waals surface area contributed by atoms with Crippen LogP contribution in [0.25, 0.3) is 0 Å². The van der Waals surface area contributed by atoms with Crippen LogP contribution in [0, 0.1) is 29.6 Å². The Bertz CT molecular complexity index is 289. The molecule has 4 aliphatic rings. The Morgan fingerprint density at radius 3 is 2.18 bits per heavy atom. The van der Waals surface area contributed by atoms with Crippen molar-refractivity contribution in [1.82, 2.24) is 5.32 Å². The van der Waals surface area contributed by atoms with Gasteiger partial charge in [-0.05, 0) is 62.7 Å². The summed E-state index contributed by atoms with van der Waals surface area (Å²) in [7, 11) is 0. The zero-order valence-electron chi connectivity index (χ0n) is 10.5. The van der Waals surface area contributed by atoms with Gasteiger partial charge in [-0.25, -0.2) is 0 Å². The van der Waals surface area contributed by atoms with Gasteiger partial charge in [-0.1, -0.05) is 0 Å². The van der Waals surface area contributed by atoms with Gasteiger partial charge in [0, 0.05) is 17.8 Å². The molecule has 4 bridgehead atoms. The zero-order valence-corrected chi connectivity index (χ0v) is 11.2. The van der Waals surface area contributed by atoms with Crippen molar-refractivity contribution in [2.75, 3.05) is 5.88 Å². The second-order valence-corrected chi connectivity index (χ2v) is 6.83. The number of rotatable bonds is 3. The SMILES string of the molecule is CC(CCl)NC(=O)C1C2CC3CC(C2)CC1C3. The molecular weight excluding hydrogens is 234 g/mol. The van der Waals surface area contributed by atoms with Crippen molar-refractivity contribution in [1.29, 1.82) is 0 Å². The van der Waals surface area contributed by atoms with Crippen LogP contribution in [0.2, 0.25) is 0 Å². The van der Waals surface area contributed by atoms with E-state index in [4.69, 9.17) is 11.6 Å². The minimum atomic E-state index is 0.112. The molecule has 4 fully saturated rings. The molecule has 0 saturated heterocycles. The number of alkyl halides is 1. The maximum absolute atomic E-state index is 12.3. The molecule has 0 heterocycles. The Labute approximate surface area is 108 Å². The van der Waals surface area contributed by atoms with E-state index in [-0.39, 0.29) is 11.9 Å². The lowest BCUT2D eigenvalue weighted by atomic mass is 9.51. The largest absolute Gasteiger partial charge is 0.352 e. The lowest BCUT2D eigenvalue weighted by Crippen LogP contribution is -2.52. The summed E-state index contributed by atoms with van der Waals surface area (Å²) in [4.78, 5) is 12.3. The van der Waals surface area contributed by atoms with Crippen LogP contribution in [0.4, 0.5) is 0 Å². The molecule has 0 radical (unpaired) electrons. The van der Waals surface area contributed by atoms with E-state index in [1.54, 1.807) is 0 Å². The Hall–Kier alpha value is -0.240. The molecule has 0 aromatic carbocycles.